The third-order valence-corrected chi connectivity index (χ3v) is 3.98. The maximum atomic E-state index is 13.3. The Morgan fingerprint density at radius 1 is 1.22 bits per heavy atom. The van der Waals surface area contributed by atoms with Gasteiger partial charge in [0.25, 0.3) is 0 Å². The summed E-state index contributed by atoms with van der Waals surface area (Å²) in [4.78, 5) is 12.0. The van der Waals surface area contributed by atoms with Crippen LogP contribution in [-0.2, 0) is 17.9 Å². The molecule has 0 atom stereocenters. The van der Waals surface area contributed by atoms with Crippen LogP contribution >= 0.6 is 0 Å². The molecule has 0 spiro atoms. The Kier molecular flexibility index (Phi) is 6.14. The minimum absolute atomic E-state index is 0.156. The summed E-state index contributed by atoms with van der Waals surface area (Å²) in [5, 5.41) is 10.8. The Balaban J connectivity index is 1.42. The molecule has 0 aliphatic rings. The highest BCUT2D eigenvalue weighted by Crippen LogP contribution is 2.16. The normalized spacial score (nSPS) is 10.6. The predicted octanol–water partition coefficient (Wildman–Crippen LogP) is 3.72. The van der Waals surface area contributed by atoms with Crippen LogP contribution < -0.4 is 10.1 Å². The molecule has 0 saturated carbocycles. The average Bonchev–Trinajstić information content (AvgIpc) is 3.12. The lowest BCUT2D eigenvalue weighted by Gasteiger charge is -2.08. The van der Waals surface area contributed by atoms with Gasteiger partial charge in [-0.1, -0.05) is 29.5 Å². The molecule has 0 radical (unpaired) electrons. The van der Waals surface area contributed by atoms with Crippen molar-refractivity contribution in [1.82, 2.24) is 15.0 Å². The van der Waals surface area contributed by atoms with Gasteiger partial charge in [0, 0.05) is 18.7 Å². The number of hydrogen-bond acceptors (Lipinski definition) is 4. The van der Waals surface area contributed by atoms with Crippen LogP contribution in [0, 0.1) is 12.7 Å². The molecule has 2 aromatic carbocycles. The van der Waals surface area contributed by atoms with E-state index in [-0.39, 0.29) is 11.7 Å². The van der Waals surface area contributed by atoms with E-state index in [1.807, 2.05) is 37.3 Å². The van der Waals surface area contributed by atoms with Crippen LogP contribution in [0.2, 0.25) is 0 Å². The summed E-state index contributed by atoms with van der Waals surface area (Å²) in [7, 11) is 0. The standard InChI is InChI=1S/C20H21FN4O2/c1-15-9-10-16(21)12-19(15)22-20(26)8-5-11-25-13-17(23-24-25)14-27-18-6-3-2-4-7-18/h2-4,6-7,9-10,12-13H,5,8,11,14H2,1H3,(H,22,26). The lowest BCUT2D eigenvalue weighted by atomic mass is 10.2. The molecule has 0 bridgehead atoms. The minimum atomic E-state index is -0.372. The summed E-state index contributed by atoms with van der Waals surface area (Å²) in [5.41, 5.74) is 2.05. The number of aryl methyl sites for hydroxylation is 2. The molecule has 0 unspecified atom stereocenters. The second kappa shape index (κ2) is 8.93. The van der Waals surface area contributed by atoms with Crippen molar-refractivity contribution in [3.63, 3.8) is 0 Å². The van der Waals surface area contributed by atoms with Gasteiger partial charge in [-0.25, -0.2) is 4.39 Å². The van der Waals surface area contributed by atoms with E-state index < -0.39 is 0 Å². The van der Waals surface area contributed by atoms with Gasteiger partial charge in [0.15, 0.2) is 0 Å². The summed E-state index contributed by atoms with van der Waals surface area (Å²) in [6, 6.07) is 13.8. The molecule has 6 nitrogen and oxygen atoms in total. The van der Waals surface area contributed by atoms with E-state index in [9.17, 15) is 9.18 Å². The first-order valence-electron chi connectivity index (χ1n) is 8.73. The first-order chi connectivity index (χ1) is 13.1. The monoisotopic (exact) mass is 368 g/mol. The third kappa shape index (κ3) is 5.64. The number of para-hydroxylation sites is 1. The molecule has 27 heavy (non-hydrogen) atoms. The quantitative estimate of drug-likeness (QED) is 0.658. The zero-order valence-corrected chi connectivity index (χ0v) is 15.1. The van der Waals surface area contributed by atoms with E-state index >= 15 is 0 Å². The Labute approximate surface area is 157 Å². The van der Waals surface area contributed by atoms with Gasteiger partial charge in [-0.3, -0.25) is 9.48 Å². The van der Waals surface area contributed by atoms with Crippen molar-refractivity contribution in [3.05, 3.63) is 71.8 Å². The van der Waals surface area contributed by atoms with Gasteiger partial charge in [0.05, 0.1) is 6.20 Å². The van der Waals surface area contributed by atoms with Crippen LogP contribution in [0.3, 0.4) is 0 Å². The largest absolute Gasteiger partial charge is 0.487 e. The number of ether oxygens (including phenoxy) is 1. The highest BCUT2D eigenvalue weighted by atomic mass is 19.1. The van der Waals surface area contributed by atoms with Gasteiger partial charge in [-0.05, 0) is 43.2 Å². The highest BCUT2D eigenvalue weighted by molar-refractivity contribution is 5.91. The molecule has 3 aromatic rings. The summed E-state index contributed by atoms with van der Waals surface area (Å²) in [5.74, 6) is 0.247. The van der Waals surface area contributed by atoms with E-state index in [0.717, 1.165) is 17.0 Å². The number of halogens is 1. The molecule has 0 saturated heterocycles. The van der Waals surface area contributed by atoms with Crippen molar-refractivity contribution in [3.8, 4) is 5.75 Å². The van der Waals surface area contributed by atoms with E-state index in [2.05, 4.69) is 15.6 Å². The molecular weight excluding hydrogens is 347 g/mol. The number of nitrogens with one attached hydrogen (secondary N) is 1. The Bertz CT molecular complexity index is 896. The first kappa shape index (κ1) is 18.6. The van der Waals surface area contributed by atoms with Crippen LogP contribution in [0.4, 0.5) is 10.1 Å². The lowest BCUT2D eigenvalue weighted by molar-refractivity contribution is -0.116. The van der Waals surface area contributed by atoms with Crippen LogP contribution in [0.15, 0.2) is 54.7 Å². The Morgan fingerprint density at radius 3 is 2.85 bits per heavy atom. The van der Waals surface area contributed by atoms with Crippen LogP contribution in [0.25, 0.3) is 0 Å². The van der Waals surface area contributed by atoms with Crippen molar-refractivity contribution < 1.29 is 13.9 Å². The molecule has 1 amide bonds. The fraction of sp³-hybridized carbons (Fsp3) is 0.250. The first-order valence-corrected chi connectivity index (χ1v) is 8.73. The van der Waals surface area contributed by atoms with Crippen molar-refractivity contribution in [1.29, 1.82) is 0 Å². The van der Waals surface area contributed by atoms with Gasteiger partial charge in [0.1, 0.15) is 23.9 Å². The highest BCUT2D eigenvalue weighted by Gasteiger charge is 2.07. The fourth-order valence-electron chi connectivity index (χ4n) is 2.53. The molecule has 140 valence electrons. The fourth-order valence-corrected chi connectivity index (χ4v) is 2.53. The number of aromatic nitrogens is 3. The number of carbonyl (C=O) groups is 1. The molecule has 1 aromatic heterocycles. The average molecular weight is 368 g/mol. The summed E-state index contributed by atoms with van der Waals surface area (Å²) >= 11 is 0. The predicted molar refractivity (Wildman–Crippen MR) is 99.8 cm³/mol. The van der Waals surface area contributed by atoms with Gasteiger partial charge in [0.2, 0.25) is 5.91 Å². The molecule has 0 fully saturated rings. The van der Waals surface area contributed by atoms with Crippen LogP contribution in [-0.4, -0.2) is 20.9 Å². The van der Waals surface area contributed by atoms with Crippen LogP contribution in [0.1, 0.15) is 24.1 Å². The van der Waals surface area contributed by atoms with Crippen molar-refractivity contribution >= 4 is 11.6 Å². The number of rotatable bonds is 8. The van der Waals surface area contributed by atoms with E-state index in [1.54, 1.807) is 16.9 Å². The third-order valence-electron chi connectivity index (χ3n) is 3.98. The van der Waals surface area contributed by atoms with Gasteiger partial charge in [-0.2, -0.15) is 0 Å². The molecule has 0 aliphatic carbocycles. The Morgan fingerprint density at radius 2 is 2.04 bits per heavy atom. The topological polar surface area (TPSA) is 69.0 Å². The maximum absolute atomic E-state index is 13.3. The maximum Gasteiger partial charge on any atom is 0.224 e. The van der Waals surface area contributed by atoms with E-state index in [4.69, 9.17) is 4.74 Å². The van der Waals surface area contributed by atoms with Crippen molar-refractivity contribution in [2.45, 2.75) is 32.9 Å². The molecule has 7 heteroatoms. The second-order valence-electron chi connectivity index (χ2n) is 6.19. The number of nitrogens with zero attached hydrogens (tertiary/aromatic N) is 3. The molecule has 1 heterocycles. The molecule has 0 aliphatic heterocycles. The van der Waals surface area contributed by atoms with Crippen molar-refractivity contribution in [2.24, 2.45) is 0 Å². The SMILES string of the molecule is Cc1ccc(F)cc1NC(=O)CCCn1cc(COc2ccccc2)nn1. The lowest BCUT2D eigenvalue weighted by Crippen LogP contribution is -2.13. The zero-order valence-electron chi connectivity index (χ0n) is 15.1. The number of benzene rings is 2. The summed E-state index contributed by atoms with van der Waals surface area (Å²) in [6.45, 7) is 2.72. The number of anilines is 1. The summed E-state index contributed by atoms with van der Waals surface area (Å²) in [6.07, 6.45) is 2.71. The molecular formula is C20H21FN4O2. The number of amides is 1. The van der Waals surface area contributed by atoms with Gasteiger partial charge >= 0.3 is 0 Å². The number of hydrogen-bond donors (Lipinski definition) is 1. The number of carbonyl (C=O) groups excluding carboxylic acids is 1. The second-order valence-corrected chi connectivity index (χ2v) is 6.19. The summed E-state index contributed by atoms with van der Waals surface area (Å²) < 4.78 is 20.6. The van der Waals surface area contributed by atoms with E-state index in [0.29, 0.717) is 31.7 Å². The van der Waals surface area contributed by atoms with Gasteiger partial charge < -0.3 is 10.1 Å². The van der Waals surface area contributed by atoms with Crippen molar-refractivity contribution in [2.75, 3.05) is 5.32 Å². The van der Waals surface area contributed by atoms with Crippen LogP contribution in [0.5, 0.6) is 5.75 Å². The Hall–Kier alpha value is -3.22. The smallest absolute Gasteiger partial charge is 0.224 e. The van der Waals surface area contributed by atoms with Gasteiger partial charge in [-0.15, -0.1) is 5.10 Å². The zero-order chi connectivity index (χ0) is 19.1. The minimum Gasteiger partial charge on any atom is -0.487 e. The molecule has 1 N–H and O–H groups in total. The molecule has 3 rings (SSSR count). The van der Waals surface area contributed by atoms with E-state index in [1.165, 1.54) is 12.1 Å².